The molecule has 4 aromatic rings. The van der Waals surface area contributed by atoms with Crippen molar-refractivity contribution in [3.8, 4) is 0 Å². The molecule has 0 spiro atoms. The zero-order chi connectivity index (χ0) is 20.6. The van der Waals surface area contributed by atoms with Gasteiger partial charge in [-0.15, -0.1) is 0 Å². The second-order valence-corrected chi connectivity index (χ2v) is 6.95. The van der Waals surface area contributed by atoms with Crippen LogP contribution >= 0.6 is 0 Å². The van der Waals surface area contributed by atoms with Crippen molar-refractivity contribution < 1.29 is 9.53 Å². The van der Waals surface area contributed by atoms with Crippen LogP contribution in [0.4, 0.5) is 17.1 Å². The second kappa shape index (κ2) is 9.68. The number of benzene rings is 4. The average Bonchev–Trinajstić information content (AvgIpc) is 2.82. The van der Waals surface area contributed by atoms with E-state index in [1.54, 1.807) is 0 Å². The van der Waals surface area contributed by atoms with Crippen LogP contribution in [-0.4, -0.2) is 12.4 Å². The van der Waals surface area contributed by atoms with Crippen LogP contribution in [0.2, 0.25) is 0 Å². The van der Waals surface area contributed by atoms with Crippen LogP contribution in [0.25, 0.3) is 0 Å². The van der Waals surface area contributed by atoms with E-state index in [-0.39, 0.29) is 12.4 Å². The molecule has 0 radical (unpaired) electrons. The normalized spacial score (nSPS) is 10.5. The summed E-state index contributed by atoms with van der Waals surface area (Å²) in [4.78, 5) is 14.7. The Morgan fingerprint density at radius 2 is 1.07 bits per heavy atom. The third-order valence-corrected chi connectivity index (χ3v) is 4.82. The lowest BCUT2D eigenvalue weighted by Gasteiger charge is -2.25. The first-order chi connectivity index (χ1) is 14.8. The lowest BCUT2D eigenvalue weighted by atomic mass is 10.1. The monoisotopic (exact) mass is 393 g/mol. The summed E-state index contributed by atoms with van der Waals surface area (Å²) in [6, 6.07) is 37.9. The average molecular weight is 393 g/mol. The molecule has 0 atom stereocenters. The molecule has 4 rings (SSSR count). The Bertz CT molecular complexity index is 1020. The molecule has 148 valence electrons. The van der Waals surface area contributed by atoms with Crippen molar-refractivity contribution in [3.05, 3.63) is 126 Å². The lowest BCUT2D eigenvalue weighted by Crippen LogP contribution is -2.11. The minimum Gasteiger partial charge on any atom is -0.369 e. The second-order valence-electron chi connectivity index (χ2n) is 6.95. The van der Waals surface area contributed by atoms with Crippen molar-refractivity contribution in [1.29, 1.82) is 0 Å². The summed E-state index contributed by atoms with van der Waals surface area (Å²) in [5.41, 5.74) is 4.83. The standard InChI is InChI=1S/C27H23NO2/c29-27(21-30-20-22-10-4-1-5-11-22)23-16-18-26(19-17-23)28(24-12-6-2-7-13-24)25-14-8-3-9-15-25/h1-19H,20-21H2. The third kappa shape index (κ3) is 4.83. The maximum atomic E-state index is 12.5. The summed E-state index contributed by atoms with van der Waals surface area (Å²) >= 11 is 0. The van der Waals surface area contributed by atoms with Crippen LogP contribution in [0.15, 0.2) is 115 Å². The molecule has 0 saturated heterocycles. The zero-order valence-corrected chi connectivity index (χ0v) is 16.6. The van der Waals surface area contributed by atoms with E-state index in [1.165, 1.54) is 0 Å². The SMILES string of the molecule is O=C(COCc1ccccc1)c1ccc(N(c2ccccc2)c2ccccc2)cc1. The molecular weight excluding hydrogens is 370 g/mol. The molecule has 0 saturated carbocycles. The van der Waals surface area contributed by atoms with Gasteiger partial charge in [-0.05, 0) is 54.1 Å². The molecule has 4 aromatic carbocycles. The molecular formula is C27H23NO2. The number of Topliss-reactive ketones (excluding diaryl/α,β-unsaturated/α-hetero) is 1. The van der Waals surface area contributed by atoms with Crippen LogP contribution in [-0.2, 0) is 11.3 Å². The van der Waals surface area contributed by atoms with E-state index < -0.39 is 0 Å². The Morgan fingerprint density at radius 1 is 0.600 bits per heavy atom. The van der Waals surface area contributed by atoms with E-state index in [2.05, 4.69) is 29.2 Å². The zero-order valence-electron chi connectivity index (χ0n) is 16.6. The molecule has 0 heterocycles. The maximum Gasteiger partial charge on any atom is 0.188 e. The van der Waals surface area contributed by atoms with Crippen LogP contribution < -0.4 is 4.90 Å². The van der Waals surface area contributed by atoms with Gasteiger partial charge >= 0.3 is 0 Å². The Labute approximate surface area is 177 Å². The fraction of sp³-hybridized carbons (Fsp3) is 0.0741. The number of ether oxygens (including phenoxy) is 1. The van der Waals surface area contributed by atoms with Gasteiger partial charge in [-0.25, -0.2) is 0 Å². The Balaban J connectivity index is 1.48. The molecule has 0 N–H and O–H groups in total. The predicted octanol–water partition coefficient (Wildman–Crippen LogP) is 6.56. The summed E-state index contributed by atoms with van der Waals surface area (Å²) in [6.45, 7) is 0.496. The number of hydrogen-bond donors (Lipinski definition) is 0. The fourth-order valence-corrected chi connectivity index (χ4v) is 3.32. The van der Waals surface area contributed by atoms with E-state index in [1.807, 2.05) is 91.0 Å². The predicted molar refractivity (Wildman–Crippen MR) is 122 cm³/mol. The van der Waals surface area contributed by atoms with E-state index in [0.29, 0.717) is 12.2 Å². The van der Waals surface area contributed by atoms with Crippen LogP contribution in [0.1, 0.15) is 15.9 Å². The van der Waals surface area contributed by atoms with Crippen molar-refractivity contribution in [1.82, 2.24) is 0 Å². The number of rotatable bonds is 8. The number of anilines is 3. The van der Waals surface area contributed by atoms with Gasteiger partial charge in [0.2, 0.25) is 0 Å². The molecule has 3 nitrogen and oxygen atoms in total. The van der Waals surface area contributed by atoms with Gasteiger partial charge in [0.05, 0.1) is 6.61 Å². The molecule has 30 heavy (non-hydrogen) atoms. The molecule has 0 aromatic heterocycles. The number of hydrogen-bond acceptors (Lipinski definition) is 3. The summed E-state index contributed by atoms with van der Waals surface area (Å²) in [6.07, 6.45) is 0. The van der Waals surface area contributed by atoms with Gasteiger partial charge in [0.1, 0.15) is 6.61 Å². The van der Waals surface area contributed by atoms with Crippen molar-refractivity contribution >= 4 is 22.8 Å². The fourth-order valence-electron chi connectivity index (χ4n) is 3.32. The first-order valence-electron chi connectivity index (χ1n) is 9.96. The highest BCUT2D eigenvalue weighted by atomic mass is 16.5. The van der Waals surface area contributed by atoms with Gasteiger partial charge in [-0.2, -0.15) is 0 Å². The Morgan fingerprint density at radius 3 is 1.60 bits per heavy atom. The van der Waals surface area contributed by atoms with Gasteiger partial charge in [0.15, 0.2) is 5.78 Å². The summed E-state index contributed by atoms with van der Waals surface area (Å²) < 4.78 is 5.59. The van der Waals surface area contributed by atoms with Crippen molar-refractivity contribution in [2.75, 3.05) is 11.5 Å². The number of carbonyl (C=O) groups excluding carboxylic acids is 1. The molecule has 0 aliphatic carbocycles. The first kappa shape index (κ1) is 19.6. The minimum absolute atomic E-state index is 0.0246. The maximum absolute atomic E-state index is 12.5. The van der Waals surface area contributed by atoms with Gasteiger partial charge in [-0.3, -0.25) is 4.79 Å². The first-order valence-corrected chi connectivity index (χ1v) is 9.96. The molecule has 0 aliphatic heterocycles. The quantitative estimate of drug-likeness (QED) is 0.318. The topological polar surface area (TPSA) is 29.5 Å². The highest BCUT2D eigenvalue weighted by Gasteiger charge is 2.13. The molecule has 0 aliphatic rings. The summed E-state index contributed by atoms with van der Waals surface area (Å²) in [7, 11) is 0. The van der Waals surface area contributed by atoms with E-state index in [9.17, 15) is 4.79 Å². The highest BCUT2D eigenvalue weighted by Crippen LogP contribution is 2.34. The van der Waals surface area contributed by atoms with Crippen LogP contribution in [0, 0.1) is 0 Å². The van der Waals surface area contributed by atoms with E-state index in [4.69, 9.17) is 4.74 Å². The van der Waals surface area contributed by atoms with Gasteiger partial charge in [0.25, 0.3) is 0 Å². The molecule has 0 unspecified atom stereocenters. The smallest absolute Gasteiger partial charge is 0.188 e. The Hall–Kier alpha value is -3.69. The van der Waals surface area contributed by atoms with Gasteiger partial charge < -0.3 is 9.64 Å². The molecule has 0 bridgehead atoms. The summed E-state index contributed by atoms with van der Waals surface area (Å²) in [5.74, 6) is -0.0246. The minimum atomic E-state index is -0.0246. The number of para-hydroxylation sites is 2. The largest absolute Gasteiger partial charge is 0.369 e. The van der Waals surface area contributed by atoms with Crippen molar-refractivity contribution in [2.24, 2.45) is 0 Å². The molecule has 3 heteroatoms. The highest BCUT2D eigenvalue weighted by molar-refractivity contribution is 5.97. The van der Waals surface area contributed by atoms with Crippen molar-refractivity contribution in [2.45, 2.75) is 6.61 Å². The Kier molecular flexibility index (Phi) is 6.33. The molecule has 0 fully saturated rings. The van der Waals surface area contributed by atoms with Gasteiger partial charge in [0, 0.05) is 22.6 Å². The number of ketones is 1. The van der Waals surface area contributed by atoms with Crippen LogP contribution in [0.5, 0.6) is 0 Å². The van der Waals surface area contributed by atoms with E-state index >= 15 is 0 Å². The summed E-state index contributed by atoms with van der Waals surface area (Å²) in [5, 5.41) is 0. The lowest BCUT2D eigenvalue weighted by molar-refractivity contribution is 0.0726. The van der Waals surface area contributed by atoms with Crippen molar-refractivity contribution in [3.63, 3.8) is 0 Å². The third-order valence-electron chi connectivity index (χ3n) is 4.82. The van der Waals surface area contributed by atoms with E-state index in [0.717, 1.165) is 22.6 Å². The number of carbonyl (C=O) groups is 1. The van der Waals surface area contributed by atoms with Gasteiger partial charge in [-0.1, -0.05) is 66.7 Å². The number of nitrogens with zero attached hydrogens (tertiary/aromatic N) is 1. The van der Waals surface area contributed by atoms with Crippen LogP contribution in [0.3, 0.4) is 0 Å². The molecule has 0 amide bonds.